The first-order chi connectivity index (χ1) is 6.36. The number of rotatable bonds is 3. The minimum Gasteiger partial charge on any atom is -0.490 e. The Morgan fingerprint density at radius 3 is 3.23 bits per heavy atom. The van der Waals surface area contributed by atoms with Gasteiger partial charge < -0.3 is 9.30 Å². The second-order valence-corrected chi connectivity index (χ2v) is 2.86. The van der Waals surface area contributed by atoms with E-state index in [1.807, 2.05) is 6.08 Å². The zero-order valence-corrected chi connectivity index (χ0v) is 7.14. The molecule has 0 aromatic carbocycles. The highest BCUT2D eigenvalue weighted by Gasteiger charge is 2.14. The summed E-state index contributed by atoms with van der Waals surface area (Å²) in [6, 6.07) is 0. The average molecular weight is 178 g/mol. The van der Waals surface area contributed by atoms with E-state index in [0.717, 1.165) is 6.42 Å². The molecule has 1 aromatic rings. The van der Waals surface area contributed by atoms with Crippen LogP contribution in [0.25, 0.3) is 0 Å². The lowest BCUT2D eigenvalue weighted by Gasteiger charge is -2.02. The summed E-state index contributed by atoms with van der Waals surface area (Å²) >= 11 is 0. The van der Waals surface area contributed by atoms with Crippen molar-refractivity contribution in [2.45, 2.75) is 13.0 Å². The van der Waals surface area contributed by atoms with Crippen molar-refractivity contribution in [1.29, 1.82) is 0 Å². The molecular weight excluding hydrogens is 168 g/mol. The van der Waals surface area contributed by atoms with E-state index < -0.39 is 0 Å². The summed E-state index contributed by atoms with van der Waals surface area (Å²) in [5.74, 6) is 0.504. The first kappa shape index (κ1) is 8.04. The molecule has 0 bridgehead atoms. The van der Waals surface area contributed by atoms with Gasteiger partial charge >= 0.3 is 0 Å². The summed E-state index contributed by atoms with van der Waals surface area (Å²) < 4.78 is 6.87. The predicted molar refractivity (Wildman–Crippen MR) is 45.9 cm³/mol. The van der Waals surface area contributed by atoms with Crippen molar-refractivity contribution in [3.8, 4) is 0 Å². The molecule has 0 amide bonds. The quantitative estimate of drug-likeness (QED) is 0.686. The van der Waals surface area contributed by atoms with E-state index in [2.05, 4.69) is 4.98 Å². The third kappa shape index (κ3) is 1.77. The maximum Gasteiger partial charge on any atom is 0.216 e. The Morgan fingerprint density at radius 2 is 2.62 bits per heavy atom. The van der Waals surface area contributed by atoms with Gasteiger partial charge in [-0.2, -0.15) is 0 Å². The molecular formula is C9H10N2O2. The van der Waals surface area contributed by atoms with E-state index in [4.69, 9.17) is 4.74 Å². The number of carbonyl (C=O) groups excluding carboxylic acids is 1. The van der Waals surface area contributed by atoms with Crippen molar-refractivity contribution in [1.82, 2.24) is 9.55 Å². The van der Waals surface area contributed by atoms with E-state index >= 15 is 0 Å². The molecule has 4 nitrogen and oxygen atoms in total. The summed E-state index contributed by atoms with van der Waals surface area (Å²) in [4.78, 5) is 15.3. The zero-order chi connectivity index (χ0) is 9.10. The summed E-state index contributed by atoms with van der Waals surface area (Å²) in [7, 11) is 0. The molecule has 0 unspecified atom stereocenters. The molecule has 1 aliphatic heterocycles. The van der Waals surface area contributed by atoms with Crippen LogP contribution in [0.5, 0.6) is 0 Å². The topological polar surface area (TPSA) is 44.1 Å². The number of allylic oxidation sites excluding steroid dienone is 1. The Kier molecular flexibility index (Phi) is 2.12. The van der Waals surface area contributed by atoms with E-state index in [9.17, 15) is 4.79 Å². The predicted octanol–water partition coefficient (Wildman–Crippen LogP) is 0.756. The average Bonchev–Trinajstić information content (AvgIpc) is 2.74. The summed E-state index contributed by atoms with van der Waals surface area (Å²) in [6.45, 7) is 0.941. The molecule has 0 radical (unpaired) electrons. The van der Waals surface area contributed by atoms with Crippen LogP contribution in [0.15, 0.2) is 30.6 Å². The van der Waals surface area contributed by atoms with Crippen molar-refractivity contribution in [3.05, 3.63) is 30.6 Å². The Balaban J connectivity index is 1.99. The standard InChI is InChI=1S/C9H10N2O2/c12-8(9-2-1-5-13-9)6-11-4-3-10-7-11/h2-4,7H,1,5-6H2. The first-order valence-electron chi connectivity index (χ1n) is 4.18. The van der Waals surface area contributed by atoms with Gasteiger partial charge in [0.05, 0.1) is 19.5 Å². The van der Waals surface area contributed by atoms with Gasteiger partial charge in [0.1, 0.15) is 0 Å². The van der Waals surface area contributed by atoms with Crippen molar-refractivity contribution in [3.63, 3.8) is 0 Å². The van der Waals surface area contributed by atoms with Crippen LogP contribution in [-0.2, 0) is 16.1 Å². The van der Waals surface area contributed by atoms with Crippen molar-refractivity contribution >= 4 is 5.78 Å². The van der Waals surface area contributed by atoms with Gasteiger partial charge in [0, 0.05) is 18.8 Å². The van der Waals surface area contributed by atoms with Gasteiger partial charge in [-0.15, -0.1) is 0 Å². The highest BCUT2D eigenvalue weighted by molar-refractivity contribution is 5.93. The van der Waals surface area contributed by atoms with Gasteiger partial charge in [0.2, 0.25) is 5.78 Å². The number of ketones is 1. The van der Waals surface area contributed by atoms with Crippen LogP contribution in [-0.4, -0.2) is 21.9 Å². The zero-order valence-electron chi connectivity index (χ0n) is 7.14. The second-order valence-electron chi connectivity index (χ2n) is 2.86. The normalized spacial score (nSPS) is 15.2. The monoisotopic (exact) mass is 178 g/mol. The van der Waals surface area contributed by atoms with Gasteiger partial charge in [-0.3, -0.25) is 4.79 Å². The number of aromatic nitrogens is 2. The van der Waals surface area contributed by atoms with Crippen LogP contribution in [0.3, 0.4) is 0 Å². The minimum absolute atomic E-state index is 0.00972. The Hall–Kier alpha value is -1.58. The van der Waals surface area contributed by atoms with Crippen LogP contribution in [0, 0.1) is 0 Å². The number of carbonyl (C=O) groups is 1. The van der Waals surface area contributed by atoms with E-state index in [1.165, 1.54) is 0 Å². The molecule has 68 valence electrons. The second kappa shape index (κ2) is 3.43. The summed E-state index contributed by atoms with van der Waals surface area (Å²) in [6.07, 6.45) is 7.70. The number of Topliss-reactive ketones (excluding diaryl/α,β-unsaturated/α-hetero) is 1. The van der Waals surface area contributed by atoms with Gasteiger partial charge in [0.25, 0.3) is 0 Å². The highest BCUT2D eigenvalue weighted by Crippen LogP contribution is 2.10. The molecule has 0 fully saturated rings. The van der Waals surface area contributed by atoms with Gasteiger partial charge in [-0.1, -0.05) is 0 Å². The van der Waals surface area contributed by atoms with Crippen LogP contribution in [0.2, 0.25) is 0 Å². The summed E-state index contributed by atoms with van der Waals surface area (Å²) in [5, 5.41) is 0. The van der Waals surface area contributed by atoms with Crippen molar-refractivity contribution in [2.75, 3.05) is 6.61 Å². The SMILES string of the molecule is O=C(Cn1ccnc1)C1=CCCO1. The van der Waals surface area contributed by atoms with Crippen molar-refractivity contribution < 1.29 is 9.53 Å². The maximum absolute atomic E-state index is 11.5. The number of hydrogen-bond donors (Lipinski definition) is 0. The molecule has 0 aliphatic carbocycles. The van der Waals surface area contributed by atoms with E-state index in [-0.39, 0.29) is 5.78 Å². The Labute approximate surface area is 75.8 Å². The van der Waals surface area contributed by atoms with E-state index in [0.29, 0.717) is 18.9 Å². The summed E-state index contributed by atoms with van der Waals surface area (Å²) in [5.41, 5.74) is 0. The smallest absolute Gasteiger partial charge is 0.216 e. The lowest BCUT2D eigenvalue weighted by molar-refractivity contribution is -0.119. The number of nitrogens with zero attached hydrogens (tertiary/aromatic N) is 2. The fourth-order valence-corrected chi connectivity index (χ4v) is 1.24. The highest BCUT2D eigenvalue weighted by atomic mass is 16.5. The number of ether oxygens (including phenoxy) is 1. The molecule has 4 heteroatoms. The Bertz CT molecular complexity index is 327. The maximum atomic E-state index is 11.5. The molecule has 0 saturated carbocycles. The third-order valence-corrected chi connectivity index (χ3v) is 1.87. The largest absolute Gasteiger partial charge is 0.490 e. The lowest BCUT2D eigenvalue weighted by atomic mass is 10.3. The Morgan fingerprint density at radius 1 is 1.69 bits per heavy atom. The number of hydrogen-bond acceptors (Lipinski definition) is 3. The van der Waals surface area contributed by atoms with Crippen LogP contribution in [0.4, 0.5) is 0 Å². The molecule has 2 heterocycles. The first-order valence-corrected chi connectivity index (χ1v) is 4.18. The van der Waals surface area contributed by atoms with Crippen LogP contribution < -0.4 is 0 Å². The molecule has 0 spiro atoms. The van der Waals surface area contributed by atoms with Crippen LogP contribution >= 0.6 is 0 Å². The molecule has 0 atom stereocenters. The van der Waals surface area contributed by atoms with Gasteiger partial charge in [-0.05, 0) is 6.08 Å². The molecule has 1 aromatic heterocycles. The molecule has 2 rings (SSSR count). The molecule has 1 aliphatic rings. The van der Waals surface area contributed by atoms with Gasteiger partial charge in [0.15, 0.2) is 5.76 Å². The third-order valence-electron chi connectivity index (χ3n) is 1.87. The molecule has 0 saturated heterocycles. The molecule has 0 N–H and O–H groups in total. The van der Waals surface area contributed by atoms with Crippen LogP contribution in [0.1, 0.15) is 6.42 Å². The number of imidazole rings is 1. The van der Waals surface area contributed by atoms with E-state index in [1.54, 1.807) is 23.3 Å². The molecule has 13 heavy (non-hydrogen) atoms. The van der Waals surface area contributed by atoms with Gasteiger partial charge in [-0.25, -0.2) is 4.98 Å². The fraction of sp³-hybridized carbons (Fsp3) is 0.333. The fourth-order valence-electron chi connectivity index (χ4n) is 1.24. The van der Waals surface area contributed by atoms with Crippen molar-refractivity contribution in [2.24, 2.45) is 0 Å². The lowest BCUT2D eigenvalue weighted by Crippen LogP contribution is -2.11. The minimum atomic E-state index is 0.00972.